The third kappa shape index (κ3) is 4.42. The van der Waals surface area contributed by atoms with Crippen molar-refractivity contribution < 1.29 is 17.6 Å². The SMILES string of the molecule is Cc1cc(CNC(=O)c2ccc(C)c(S(=O)(=O)N3CCCCC3)c2)ccc1F. The van der Waals surface area contributed by atoms with Gasteiger partial charge in [-0.05, 0) is 61.6 Å². The molecule has 1 aliphatic rings. The Hall–Kier alpha value is -2.25. The molecule has 150 valence electrons. The Morgan fingerprint density at radius 1 is 1.04 bits per heavy atom. The van der Waals surface area contributed by atoms with E-state index < -0.39 is 10.0 Å². The van der Waals surface area contributed by atoms with Crippen molar-refractivity contribution in [2.75, 3.05) is 13.1 Å². The van der Waals surface area contributed by atoms with Crippen molar-refractivity contribution in [3.05, 3.63) is 64.5 Å². The molecule has 2 aromatic carbocycles. The van der Waals surface area contributed by atoms with Crippen LogP contribution >= 0.6 is 0 Å². The van der Waals surface area contributed by atoms with Crippen LogP contribution in [0.3, 0.4) is 0 Å². The molecule has 7 heteroatoms. The third-order valence-electron chi connectivity index (χ3n) is 5.06. The minimum Gasteiger partial charge on any atom is -0.348 e. The number of carbonyl (C=O) groups is 1. The summed E-state index contributed by atoms with van der Waals surface area (Å²) in [5.41, 5.74) is 2.20. The molecule has 5 nitrogen and oxygen atoms in total. The minimum atomic E-state index is -3.61. The summed E-state index contributed by atoms with van der Waals surface area (Å²) >= 11 is 0. The van der Waals surface area contributed by atoms with Crippen molar-refractivity contribution in [3.8, 4) is 0 Å². The summed E-state index contributed by atoms with van der Waals surface area (Å²) in [6.45, 7) is 4.67. The largest absolute Gasteiger partial charge is 0.348 e. The molecule has 0 spiro atoms. The first-order valence-corrected chi connectivity index (χ1v) is 10.9. The van der Waals surface area contributed by atoms with E-state index in [-0.39, 0.29) is 23.2 Å². The fraction of sp³-hybridized carbons (Fsp3) is 0.381. The standard InChI is InChI=1S/C21H25FN2O3S/c1-15-6-8-18(13-20(15)28(26,27)24-10-4-3-5-11-24)21(25)23-14-17-7-9-19(22)16(2)12-17/h6-9,12-13H,3-5,10-11,14H2,1-2H3,(H,23,25). The van der Waals surface area contributed by atoms with Gasteiger partial charge in [-0.3, -0.25) is 4.79 Å². The molecule has 0 saturated carbocycles. The quantitative estimate of drug-likeness (QED) is 0.829. The first kappa shape index (κ1) is 20.5. The fourth-order valence-electron chi connectivity index (χ4n) is 3.36. The first-order valence-electron chi connectivity index (χ1n) is 9.43. The van der Waals surface area contributed by atoms with Gasteiger partial charge in [0.15, 0.2) is 0 Å². The van der Waals surface area contributed by atoms with Crippen LogP contribution in [-0.4, -0.2) is 31.7 Å². The lowest BCUT2D eigenvalue weighted by Gasteiger charge is -2.26. The maximum atomic E-state index is 13.4. The summed E-state index contributed by atoms with van der Waals surface area (Å²) in [6, 6.07) is 9.39. The lowest BCUT2D eigenvalue weighted by atomic mass is 10.1. The average molecular weight is 405 g/mol. The number of nitrogens with zero attached hydrogens (tertiary/aromatic N) is 1. The zero-order valence-corrected chi connectivity index (χ0v) is 17.0. The van der Waals surface area contributed by atoms with E-state index in [1.165, 1.54) is 16.4 Å². The molecule has 0 bridgehead atoms. The number of benzene rings is 2. The third-order valence-corrected chi connectivity index (χ3v) is 7.10. The highest BCUT2D eigenvalue weighted by atomic mass is 32.2. The molecular formula is C21H25FN2O3S. The van der Waals surface area contributed by atoms with Gasteiger partial charge in [-0.2, -0.15) is 4.31 Å². The van der Waals surface area contributed by atoms with Gasteiger partial charge in [-0.15, -0.1) is 0 Å². The highest BCUT2D eigenvalue weighted by Crippen LogP contribution is 2.24. The Morgan fingerprint density at radius 2 is 1.75 bits per heavy atom. The molecule has 3 rings (SSSR count). The number of rotatable bonds is 5. The van der Waals surface area contributed by atoms with Crippen LogP contribution in [0.1, 0.15) is 46.3 Å². The number of hydrogen-bond donors (Lipinski definition) is 1. The van der Waals surface area contributed by atoms with Crippen molar-refractivity contribution in [2.45, 2.75) is 44.6 Å². The lowest BCUT2D eigenvalue weighted by Crippen LogP contribution is -2.36. The fourth-order valence-corrected chi connectivity index (χ4v) is 5.13. The zero-order chi connectivity index (χ0) is 20.3. The van der Waals surface area contributed by atoms with Gasteiger partial charge >= 0.3 is 0 Å². The normalized spacial score (nSPS) is 15.4. The van der Waals surface area contributed by atoms with E-state index in [9.17, 15) is 17.6 Å². The van der Waals surface area contributed by atoms with Crippen molar-refractivity contribution in [2.24, 2.45) is 0 Å². The molecule has 0 aliphatic carbocycles. The van der Waals surface area contributed by atoms with Gasteiger partial charge in [-0.1, -0.05) is 24.6 Å². The number of sulfonamides is 1. The monoisotopic (exact) mass is 404 g/mol. The Labute approximate surface area is 165 Å². The summed E-state index contributed by atoms with van der Waals surface area (Å²) in [5, 5.41) is 2.77. The van der Waals surface area contributed by atoms with E-state index >= 15 is 0 Å². The van der Waals surface area contributed by atoms with Crippen LogP contribution in [0.25, 0.3) is 0 Å². The van der Waals surface area contributed by atoms with Crippen LogP contribution in [0.15, 0.2) is 41.3 Å². The molecular weight excluding hydrogens is 379 g/mol. The van der Waals surface area contributed by atoms with E-state index in [0.717, 1.165) is 24.8 Å². The molecule has 0 unspecified atom stereocenters. The molecule has 1 saturated heterocycles. The zero-order valence-electron chi connectivity index (χ0n) is 16.2. The van der Waals surface area contributed by atoms with E-state index in [2.05, 4.69) is 5.32 Å². The molecule has 0 atom stereocenters. The molecule has 1 N–H and O–H groups in total. The highest BCUT2D eigenvalue weighted by molar-refractivity contribution is 7.89. The van der Waals surface area contributed by atoms with E-state index in [4.69, 9.17) is 0 Å². The number of piperidine rings is 1. The average Bonchev–Trinajstić information content (AvgIpc) is 2.69. The van der Waals surface area contributed by atoms with Gasteiger partial charge < -0.3 is 5.32 Å². The van der Waals surface area contributed by atoms with E-state index in [1.54, 1.807) is 38.1 Å². The summed E-state index contributed by atoms with van der Waals surface area (Å²) in [4.78, 5) is 12.7. The van der Waals surface area contributed by atoms with Crippen molar-refractivity contribution in [1.29, 1.82) is 0 Å². The molecule has 2 aromatic rings. The topological polar surface area (TPSA) is 66.5 Å². The van der Waals surface area contributed by atoms with E-state index in [0.29, 0.717) is 29.8 Å². The Kier molecular flexibility index (Phi) is 6.15. The van der Waals surface area contributed by atoms with Gasteiger partial charge in [0.05, 0.1) is 4.90 Å². The second-order valence-electron chi connectivity index (χ2n) is 7.21. The maximum Gasteiger partial charge on any atom is 0.251 e. The minimum absolute atomic E-state index is 0.180. The molecule has 1 heterocycles. The summed E-state index contributed by atoms with van der Waals surface area (Å²) in [7, 11) is -3.61. The second kappa shape index (κ2) is 8.41. The van der Waals surface area contributed by atoms with Crippen LogP contribution < -0.4 is 5.32 Å². The number of nitrogens with one attached hydrogen (secondary N) is 1. The van der Waals surface area contributed by atoms with Crippen LogP contribution in [0, 0.1) is 19.7 Å². The Balaban J connectivity index is 1.78. The molecule has 28 heavy (non-hydrogen) atoms. The van der Waals surface area contributed by atoms with Crippen LogP contribution in [0.4, 0.5) is 4.39 Å². The Bertz CT molecular complexity index is 983. The number of halogens is 1. The Morgan fingerprint density at radius 3 is 2.43 bits per heavy atom. The summed E-state index contributed by atoms with van der Waals surface area (Å²) in [6.07, 6.45) is 2.75. The van der Waals surface area contributed by atoms with Crippen molar-refractivity contribution >= 4 is 15.9 Å². The van der Waals surface area contributed by atoms with Gasteiger partial charge in [0.2, 0.25) is 10.0 Å². The van der Waals surface area contributed by atoms with Gasteiger partial charge in [0.1, 0.15) is 5.82 Å². The first-order chi connectivity index (χ1) is 13.3. The van der Waals surface area contributed by atoms with Crippen LogP contribution in [-0.2, 0) is 16.6 Å². The van der Waals surface area contributed by atoms with Gasteiger partial charge in [0.25, 0.3) is 5.91 Å². The summed E-state index contributed by atoms with van der Waals surface area (Å²) in [5.74, 6) is -0.654. The molecule has 1 amide bonds. The molecule has 1 fully saturated rings. The second-order valence-corrected chi connectivity index (χ2v) is 9.12. The van der Waals surface area contributed by atoms with Crippen molar-refractivity contribution in [1.82, 2.24) is 9.62 Å². The van der Waals surface area contributed by atoms with Crippen molar-refractivity contribution in [3.63, 3.8) is 0 Å². The van der Waals surface area contributed by atoms with Gasteiger partial charge in [0, 0.05) is 25.2 Å². The van der Waals surface area contributed by atoms with Crippen LogP contribution in [0.2, 0.25) is 0 Å². The number of hydrogen-bond acceptors (Lipinski definition) is 3. The molecule has 0 aromatic heterocycles. The molecule has 1 aliphatic heterocycles. The molecule has 0 radical (unpaired) electrons. The van der Waals surface area contributed by atoms with E-state index in [1.807, 2.05) is 0 Å². The highest BCUT2D eigenvalue weighted by Gasteiger charge is 2.28. The smallest absolute Gasteiger partial charge is 0.251 e. The van der Waals surface area contributed by atoms with Crippen LogP contribution in [0.5, 0.6) is 0 Å². The lowest BCUT2D eigenvalue weighted by molar-refractivity contribution is 0.0950. The number of carbonyl (C=O) groups excluding carboxylic acids is 1. The summed E-state index contributed by atoms with van der Waals surface area (Å²) < 4.78 is 40.8. The predicted molar refractivity (Wildman–Crippen MR) is 106 cm³/mol. The predicted octanol–water partition coefficient (Wildman–Crippen LogP) is 3.55. The number of aryl methyl sites for hydroxylation is 2. The number of amides is 1. The maximum absolute atomic E-state index is 13.4. The van der Waals surface area contributed by atoms with Gasteiger partial charge in [-0.25, -0.2) is 12.8 Å².